The molecule has 0 unspecified atom stereocenters. The van der Waals surface area contributed by atoms with E-state index in [9.17, 15) is 4.79 Å². The molecule has 0 bridgehead atoms. The van der Waals surface area contributed by atoms with Crippen molar-refractivity contribution in [2.45, 2.75) is 24.9 Å². The lowest BCUT2D eigenvalue weighted by atomic mass is 9.90. The predicted octanol–water partition coefficient (Wildman–Crippen LogP) is 3.23. The Morgan fingerprint density at radius 1 is 1.00 bits per heavy atom. The molecule has 1 aliphatic heterocycles. The fourth-order valence-electron chi connectivity index (χ4n) is 4.25. The van der Waals surface area contributed by atoms with E-state index in [2.05, 4.69) is 65.4 Å². The first-order chi connectivity index (χ1) is 12.7. The van der Waals surface area contributed by atoms with Crippen molar-refractivity contribution in [3.8, 4) is 0 Å². The van der Waals surface area contributed by atoms with Crippen molar-refractivity contribution in [3.63, 3.8) is 0 Å². The Balaban J connectivity index is 1.65. The molecule has 4 heteroatoms. The highest BCUT2D eigenvalue weighted by molar-refractivity contribution is 7.99. The van der Waals surface area contributed by atoms with Crippen molar-refractivity contribution in [1.82, 2.24) is 9.80 Å². The second-order valence-electron chi connectivity index (χ2n) is 7.40. The Morgan fingerprint density at radius 2 is 1.58 bits per heavy atom. The van der Waals surface area contributed by atoms with Gasteiger partial charge in [0, 0.05) is 44.0 Å². The van der Waals surface area contributed by atoms with Crippen molar-refractivity contribution in [2.24, 2.45) is 0 Å². The molecule has 0 spiro atoms. The lowest BCUT2D eigenvalue weighted by Gasteiger charge is -2.42. The van der Waals surface area contributed by atoms with E-state index in [0.29, 0.717) is 5.91 Å². The molecular formula is C22H26N2OS. The molecule has 1 amide bonds. The van der Waals surface area contributed by atoms with Crippen molar-refractivity contribution in [1.29, 1.82) is 0 Å². The fraction of sp³-hybridized carbons (Fsp3) is 0.409. The third-order valence-electron chi connectivity index (χ3n) is 5.77. The molecule has 0 aromatic heterocycles. The van der Waals surface area contributed by atoms with Gasteiger partial charge in [0.1, 0.15) is 5.54 Å². The van der Waals surface area contributed by atoms with Gasteiger partial charge in [-0.05, 0) is 23.7 Å². The second-order valence-corrected chi connectivity index (χ2v) is 8.62. The quantitative estimate of drug-likeness (QED) is 0.830. The van der Waals surface area contributed by atoms with Gasteiger partial charge in [-0.3, -0.25) is 9.69 Å². The molecule has 0 atom stereocenters. The van der Waals surface area contributed by atoms with E-state index in [4.69, 9.17) is 0 Å². The van der Waals surface area contributed by atoms with Gasteiger partial charge in [-0.2, -0.15) is 11.8 Å². The van der Waals surface area contributed by atoms with Crippen molar-refractivity contribution in [3.05, 3.63) is 71.3 Å². The van der Waals surface area contributed by atoms with Gasteiger partial charge in [0.05, 0.1) is 0 Å². The van der Waals surface area contributed by atoms with Crippen molar-refractivity contribution in [2.75, 3.05) is 31.6 Å². The zero-order valence-corrected chi connectivity index (χ0v) is 16.2. The smallest absolute Gasteiger partial charge is 0.243 e. The van der Waals surface area contributed by atoms with E-state index in [1.54, 1.807) is 0 Å². The molecule has 1 aliphatic carbocycles. The molecule has 26 heavy (non-hydrogen) atoms. The molecule has 2 aromatic carbocycles. The summed E-state index contributed by atoms with van der Waals surface area (Å²) in [6, 6.07) is 19.0. The SMILES string of the molecule is CN(Cc1ccccc1)C1(C(=O)N2CCSCC2)Cc2ccccc2C1. The van der Waals surface area contributed by atoms with Gasteiger partial charge in [0.2, 0.25) is 5.91 Å². The zero-order chi connectivity index (χ0) is 18.0. The number of fused-ring (bicyclic) bond motifs is 1. The second kappa shape index (κ2) is 7.45. The number of hydrogen-bond donors (Lipinski definition) is 0. The summed E-state index contributed by atoms with van der Waals surface area (Å²) >= 11 is 1.95. The van der Waals surface area contributed by atoms with Crippen molar-refractivity contribution >= 4 is 17.7 Å². The Bertz CT molecular complexity index is 746. The number of amides is 1. The largest absolute Gasteiger partial charge is 0.339 e. The van der Waals surface area contributed by atoms with E-state index in [0.717, 1.165) is 44.0 Å². The van der Waals surface area contributed by atoms with Crippen LogP contribution in [0, 0.1) is 0 Å². The Labute approximate surface area is 160 Å². The fourth-order valence-corrected chi connectivity index (χ4v) is 5.15. The van der Waals surface area contributed by atoms with Crippen LogP contribution in [0.3, 0.4) is 0 Å². The number of likely N-dealkylation sites (N-methyl/N-ethyl adjacent to an activating group) is 1. The number of thioether (sulfide) groups is 1. The van der Waals surface area contributed by atoms with Gasteiger partial charge in [0.25, 0.3) is 0 Å². The molecule has 0 radical (unpaired) electrons. The summed E-state index contributed by atoms with van der Waals surface area (Å²) in [7, 11) is 2.12. The molecular weight excluding hydrogens is 340 g/mol. The number of rotatable bonds is 4. The van der Waals surface area contributed by atoms with Crippen LogP contribution in [0.5, 0.6) is 0 Å². The summed E-state index contributed by atoms with van der Waals surface area (Å²) in [6.45, 7) is 2.55. The molecule has 2 aliphatic rings. The summed E-state index contributed by atoms with van der Waals surface area (Å²) < 4.78 is 0. The maximum absolute atomic E-state index is 13.7. The van der Waals surface area contributed by atoms with Crippen molar-refractivity contribution < 1.29 is 4.79 Å². The average molecular weight is 367 g/mol. The maximum atomic E-state index is 13.7. The van der Waals surface area contributed by atoms with Gasteiger partial charge in [0.15, 0.2) is 0 Å². The van der Waals surface area contributed by atoms with Crippen LogP contribution in [0.4, 0.5) is 0 Å². The highest BCUT2D eigenvalue weighted by Gasteiger charge is 2.48. The van der Waals surface area contributed by atoms with E-state index in [1.807, 2.05) is 17.8 Å². The molecule has 2 aromatic rings. The minimum absolute atomic E-state index is 0.312. The monoisotopic (exact) mass is 366 g/mol. The van der Waals surface area contributed by atoms with E-state index in [-0.39, 0.29) is 0 Å². The molecule has 1 heterocycles. The van der Waals surface area contributed by atoms with Gasteiger partial charge >= 0.3 is 0 Å². The molecule has 1 fully saturated rings. The summed E-state index contributed by atoms with van der Waals surface area (Å²) in [6.07, 6.45) is 1.63. The van der Waals surface area contributed by atoms with Crippen LogP contribution >= 0.6 is 11.8 Å². The first kappa shape index (κ1) is 17.6. The predicted molar refractivity (Wildman–Crippen MR) is 108 cm³/mol. The van der Waals surface area contributed by atoms with E-state index < -0.39 is 5.54 Å². The van der Waals surface area contributed by atoms with Crippen LogP contribution in [0.1, 0.15) is 16.7 Å². The summed E-state index contributed by atoms with van der Waals surface area (Å²) in [5, 5.41) is 0. The van der Waals surface area contributed by atoms with E-state index in [1.165, 1.54) is 16.7 Å². The Kier molecular flexibility index (Phi) is 5.05. The number of benzene rings is 2. The molecule has 1 saturated heterocycles. The first-order valence-electron chi connectivity index (χ1n) is 9.38. The molecule has 4 rings (SSSR count). The van der Waals surface area contributed by atoms with Crippen LogP contribution in [0.25, 0.3) is 0 Å². The number of hydrogen-bond acceptors (Lipinski definition) is 3. The minimum atomic E-state index is -0.457. The van der Waals surface area contributed by atoms with Crippen LogP contribution in [0.2, 0.25) is 0 Å². The minimum Gasteiger partial charge on any atom is -0.339 e. The maximum Gasteiger partial charge on any atom is 0.243 e. The van der Waals surface area contributed by atoms with Gasteiger partial charge in [-0.25, -0.2) is 0 Å². The normalized spacial score (nSPS) is 18.8. The number of nitrogens with zero attached hydrogens (tertiary/aromatic N) is 2. The highest BCUT2D eigenvalue weighted by Crippen LogP contribution is 2.37. The van der Waals surface area contributed by atoms with Crippen LogP contribution < -0.4 is 0 Å². The van der Waals surface area contributed by atoms with Gasteiger partial charge < -0.3 is 4.90 Å². The first-order valence-corrected chi connectivity index (χ1v) is 10.5. The van der Waals surface area contributed by atoms with Crippen LogP contribution in [0.15, 0.2) is 54.6 Å². The summed E-state index contributed by atoms with van der Waals surface area (Å²) in [5.74, 6) is 2.42. The third kappa shape index (κ3) is 3.28. The molecule has 136 valence electrons. The highest BCUT2D eigenvalue weighted by atomic mass is 32.2. The number of carbonyl (C=O) groups excluding carboxylic acids is 1. The molecule has 0 N–H and O–H groups in total. The Hall–Kier alpha value is -1.78. The topological polar surface area (TPSA) is 23.6 Å². The number of carbonyl (C=O) groups is 1. The van der Waals surface area contributed by atoms with Crippen LogP contribution in [-0.4, -0.2) is 52.9 Å². The Morgan fingerprint density at radius 3 is 2.19 bits per heavy atom. The molecule has 3 nitrogen and oxygen atoms in total. The van der Waals surface area contributed by atoms with Crippen LogP contribution in [-0.2, 0) is 24.2 Å². The lowest BCUT2D eigenvalue weighted by molar-refractivity contribution is -0.143. The molecule has 0 saturated carbocycles. The lowest BCUT2D eigenvalue weighted by Crippen LogP contribution is -2.60. The van der Waals surface area contributed by atoms with Gasteiger partial charge in [-0.15, -0.1) is 0 Å². The standard InChI is InChI=1S/C22H26N2OS/c1-23(17-18-7-3-2-4-8-18)22(21(25)24-11-13-26-14-12-24)15-19-9-5-6-10-20(19)16-22/h2-10H,11-17H2,1H3. The average Bonchev–Trinajstić information content (AvgIpc) is 3.10. The summed E-state index contributed by atoms with van der Waals surface area (Å²) in [4.78, 5) is 18.1. The third-order valence-corrected chi connectivity index (χ3v) is 6.72. The summed E-state index contributed by atoms with van der Waals surface area (Å²) in [5.41, 5.74) is 3.45. The van der Waals surface area contributed by atoms with Gasteiger partial charge in [-0.1, -0.05) is 54.6 Å². The van der Waals surface area contributed by atoms with E-state index >= 15 is 0 Å². The zero-order valence-electron chi connectivity index (χ0n) is 15.4.